The van der Waals surface area contributed by atoms with Gasteiger partial charge in [-0.1, -0.05) is 0 Å². The Labute approximate surface area is 83.1 Å². The third-order valence-corrected chi connectivity index (χ3v) is 2.72. The molecule has 0 saturated carbocycles. The summed E-state index contributed by atoms with van der Waals surface area (Å²) >= 11 is 0. The average molecular weight is 191 g/mol. The molecule has 0 fully saturated rings. The van der Waals surface area contributed by atoms with Crippen LogP contribution in [0.2, 0.25) is 0 Å². The summed E-state index contributed by atoms with van der Waals surface area (Å²) in [7, 11) is 1.62. The van der Waals surface area contributed by atoms with Gasteiger partial charge < -0.3 is 10.1 Å². The number of carbonyl (C=O) groups is 1. The van der Waals surface area contributed by atoms with Gasteiger partial charge in [-0.05, 0) is 37.6 Å². The zero-order valence-electron chi connectivity index (χ0n) is 8.55. The van der Waals surface area contributed by atoms with Gasteiger partial charge in [-0.15, -0.1) is 0 Å². The maximum Gasteiger partial charge on any atom is 0.234 e. The molecule has 1 heterocycles. The van der Waals surface area contributed by atoms with Crippen LogP contribution in [0.5, 0.6) is 5.75 Å². The number of amides is 1. The van der Waals surface area contributed by atoms with Crippen LogP contribution in [0.25, 0.3) is 0 Å². The van der Waals surface area contributed by atoms with Crippen molar-refractivity contribution in [2.24, 2.45) is 0 Å². The molecular weight excluding hydrogens is 178 g/mol. The molecule has 0 radical (unpaired) electrons. The van der Waals surface area contributed by atoms with Crippen molar-refractivity contribution in [1.29, 1.82) is 0 Å². The van der Waals surface area contributed by atoms with E-state index in [9.17, 15) is 4.79 Å². The summed E-state index contributed by atoms with van der Waals surface area (Å²) in [5.41, 5.74) is 1.44. The summed E-state index contributed by atoms with van der Waals surface area (Å²) in [6, 6.07) is 5.63. The number of rotatable bonds is 1. The molecule has 1 aliphatic heterocycles. The van der Waals surface area contributed by atoms with Crippen LogP contribution in [-0.4, -0.2) is 13.0 Å². The Morgan fingerprint density at radius 1 is 1.36 bits per heavy atom. The molecule has 0 bridgehead atoms. The van der Waals surface area contributed by atoms with Crippen molar-refractivity contribution in [3.8, 4) is 5.75 Å². The summed E-state index contributed by atoms with van der Waals surface area (Å²) in [5.74, 6) is 0.828. The van der Waals surface area contributed by atoms with Gasteiger partial charge in [0.15, 0.2) is 0 Å². The second kappa shape index (κ2) is 2.74. The molecular formula is C11H13NO2. The highest BCUT2D eigenvalue weighted by Gasteiger charge is 2.38. The predicted molar refractivity (Wildman–Crippen MR) is 54.6 cm³/mol. The standard InChI is InChI=1S/C11H13NO2/c1-11(2)8-6-7(14-3)4-5-9(8)12-10(11)13/h4-6H,1-3H3,(H,12,13). The summed E-state index contributed by atoms with van der Waals surface area (Å²) in [4.78, 5) is 11.6. The van der Waals surface area contributed by atoms with E-state index >= 15 is 0 Å². The summed E-state index contributed by atoms with van der Waals surface area (Å²) < 4.78 is 5.13. The van der Waals surface area contributed by atoms with Crippen molar-refractivity contribution in [2.45, 2.75) is 19.3 Å². The van der Waals surface area contributed by atoms with Gasteiger partial charge in [-0.2, -0.15) is 0 Å². The highest BCUT2D eigenvalue weighted by atomic mass is 16.5. The van der Waals surface area contributed by atoms with Crippen molar-refractivity contribution in [2.75, 3.05) is 12.4 Å². The van der Waals surface area contributed by atoms with E-state index in [0.29, 0.717) is 0 Å². The number of hydrogen-bond acceptors (Lipinski definition) is 2. The molecule has 0 spiro atoms. The predicted octanol–water partition coefficient (Wildman–Crippen LogP) is 1.92. The lowest BCUT2D eigenvalue weighted by atomic mass is 9.86. The Balaban J connectivity index is 2.56. The maximum absolute atomic E-state index is 11.6. The molecule has 1 aromatic rings. The first-order chi connectivity index (χ1) is 6.55. The van der Waals surface area contributed by atoms with E-state index in [1.165, 1.54) is 0 Å². The van der Waals surface area contributed by atoms with Gasteiger partial charge >= 0.3 is 0 Å². The van der Waals surface area contributed by atoms with Crippen molar-refractivity contribution in [3.63, 3.8) is 0 Å². The molecule has 1 N–H and O–H groups in total. The van der Waals surface area contributed by atoms with Crippen LogP contribution in [0.1, 0.15) is 19.4 Å². The van der Waals surface area contributed by atoms with E-state index in [1.54, 1.807) is 7.11 Å². The smallest absolute Gasteiger partial charge is 0.234 e. The number of methoxy groups -OCH3 is 1. The van der Waals surface area contributed by atoms with Crippen LogP contribution in [0.4, 0.5) is 5.69 Å². The largest absolute Gasteiger partial charge is 0.497 e. The lowest BCUT2D eigenvalue weighted by Crippen LogP contribution is -2.26. The van der Waals surface area contributed by atoms with Crippen LogP contribution in [-0.2, 0) is 10.2 Å². The minimum absolute atomic E-state index is 0.0424. The van der Waals surface area contributed by atoms with Gasteiger partial charge in [0, 0.05) is 5.69 Å². The van der Waals surface area contributed by atoms with Crippen molar-refractivity contribution in [3.05, 3.63) is 23.8 Å². The topological polar surface area (TPSA) is 38.3 Å². The Kier molecular flexibility index (Phi) is 1.77. The lowest BCUT2D eigenvalue weighted by Gasteiger charge is -2.15. The first kappa shape index (κ1) is 9.06. The Morgan fingerprint density at radius 2 is 2.07 bits per heavy atom. The number of fused-ring (bicyclic) bond motifs is 1. The van der Waals surface area contributed by atoms with Gasteiger partial charge in [0.25, 0.3) is 0 Å². The molecule has 74 valence electrons. The summed E-state index contributed by atoms with van der Waals surface area (Å²) in [6.07, 6.45) is 0. The van der Waals surface area contributed by atoms with E-state index in [0.717, 1.165) is 17.0 Å². The molecule has 3 nitrogen and oxygen atoms in total. The minimum Gasteiger partial charge on any atom is -0.497 e. The van der Waals surface area contributed by atoms with Crippen LogP contribution >= 0.6 is 0 Å². The van der Waals surface area contributed by atoms with Gasteiger partial charge in [0.1, 0.15) is 5.75 Å². The van der Waals surface area contributed by atoms with Gasteiger partial charge in [0.05, 0.1) is 12.5 Å². The van der Waals surface area contributed by atoms with Crippen LogP contribution in [0.15, 0.2) is 18.2 Å². The Bertz CT molecular complexity index is 396. The number of benzene rings is 1. The lowest BCUT2D eigenvalue weighted by molar-refractivity contribution is -0.119. The van der Waals surface area contributed by atoms with Gasteiger partial charge in [0.2, 0.25) is 5.91 Å². The first-order valence-electron chi connectivity index (χ1n) is 4.55. The fourth-order valence-electron chi connectivity index (χ4n) is 1.68. The molecule has 2 rings (SSSR count). The van der Waals surface area contributed by atoms with E-state index in [2.05, 4.69) is 5.32 Å². The third-order valence-electron chi connectivity index (χ3n) is 2.72. The van der Waals surface area contributed by atoms with Gasteiger partial charge in [-0.25, -0.2) is 0 Å². The van der Waals surface area contributed by atoms with E-state index < -0.39 is 5.41 Å². The first-order valence-corrected chi connectivity index (χ1v) is 4.55. The maximum atomic E-state index is 11.6. The van der Waals surface area contributed by atoms with Crippen molar-refractivity contribution >= 4 is 11.6 Å². The fourth-order valence-corrected chi connectivity index (χ4v) is 1.68. The summed E-state index contributed by atoms with van der Waals surface area (Å²) in [6.45, 7) is 3.82. The zero-order valence-corrected chi connectivity index (χ0v) is 8.55. The normalized spacial score (nSPS) is 17.5. The monoisotopic (exact) mass is 191 g/mol. The second-order valence-corrected chi connectivity index (χ2v) is 3.99. The van der Waals surface area contributed by atoms with Gasteiger partial charge in [-0.3, -0.25) is 4.79 Å². The molecule has 14 heavy (non-hydrogen) atoms. The number of nitrogens with one attached hydrogen (secondary N) is 1. The molecule has 0 aromatic heterocycles. The van der Waals surface area contributed by atoms with Crippen molar-refractivity contribution < 1.29 is 9.53 Å². The molecule has 1 aliphatic rings. The molecule has 1 amide bonds. The SMILES string of the molecule is COc1ccc2c(c1)C(C)(C)C(=O)N2. The molecule has 0 saturated heterocycles. The molecule has 3 heteroatoms. The molecule has 0 aliphatic carbocycles. The summed E-state index contributed by atoms with van der Waals surface area (Å²) in [5, 5.41) is 2.84. The Morgan fingerprint density at radius 3 is 2.71 bits per heavy atom. The molecule has 0 unspecified atom stereocenters. The van der Waals surface area contributed by atoms with Crippen LogP contribution < -0.4 is 10.1 Å². The van der Waals surface area contributed by atoms with Crippen LogP contribution in [0, 0.1) is 0 Å². The second-order valence-electron chi connectivity index (χ2n) is 3.99. The van der Waals surface area contributed by atoms with E-state index in [4.69, 9.17) is 4.74 Å². The highest BCUT2D eigenvalue weighted by Crippen LogP contribution is 2.38. The average Bonchev–Trinajstić information content (AvgIpc) is 2.38. The highest BCUT2D eigenvalue weighted by molar-refractivity contribution is 6.05. The van der Waals surface area contributed by atoms with E-state index in [1.807, 2.05) is 32.0 Å². The minimum atomic E-state index is -0.454. The zero-order chi connectivity index (χ0) is 10.3. The number of ether oxygens (including phenoxy) is 1. The number of carbonyl (C=O) groups excluding carboxylic acids is 1. The van der Waals surface area contributed by atoms with E-state index in [-0.39, 0.29) is 5.91 Å². The molecule has 0 atom stereocenters. The number of anilines is 1. The van der Waals surface area contributed by atoms with Crippen molar-refractivity contribution in [1.82, 2.24) is 0 Å². The number of hydrogen-bond donors (Lipinski definition) is 1. The molecule has 1 aromatic carbocycles. The fraction of sp³-hybridized carbons (Fsp3) is 0.364. The Hall–Kier alpha value is -1.51. The third kappa shape index (κ3) is 1.09. The quantitative estimate of drug-likeness (QED) is 0.736. The van der Waals surface area contributed by atoms with Crippen LogP contribution in [0.3, 0.4) is 0 Å².